The van der Waals surface area contributed by atoms with Crippen molar-refractivity contribution in [2.45, 2.75) is 25.4 Å². The molecule has 7 heteroatoms. The van der Waals surface area contributed by atoms with Crippen LogP contribution in [0.15, 0.2) is 43.0 Å². The van der Waals surface area contributed by atoms with Crippen LogP contribution in [0.3, 0.4) is 0 Å². The lowest BCUT2D eigenvalue weighted by molar-refractivity contribution is -0.137. The third-order valence-electron chi connectivity index (χ3n) is 4.37. The van der Waals surface area contributed by atoms with Gasteiger partial charge in [-0.15, -0.1) is 19.0 Å². The summed E-state index contributed by atoms with van der Waals surface area (Å²) in [6, 6.07) is 8.76. The summed E-state index contributed by atoms with van der Waals surface area (Å²) in [5, 5.41) is 0. The van der Waals surface area contributed by atoms with Crippen molar-refractivity contribution in [2.75, 3.05) is 18.1 Å². The van der Waals surface area contributed by atoms with Crippen molar-refractivity contribution in [3.8, 4) is 0 Å². The molecule has 0 aliphatic carbocycles. The van der Waals surface area contributed by atoms with Crippen molar-refractivity contribution in [1.29, 1.82) is 0 Å². The lowest BCUT2D eigenvalue weighted by atomic mass is 9.93. The molecule has 0 radical (unpaired) electrons. The van der Waals surface area contributed by atoms with Gasteiger partial charge in [0, 0.05) is 18.6 Å². The standard InChI is InChI=1S/C17H24N2O3S.ClH/c1-3-10-19(15-9-11-23(21,22)12-15)17(20)13(2)16(18)14-7-5-4-6-8-14;/h3-8,13,15-16H,1,9-12,18H2,2H3;1H. The largest absolute Gasteiger partial charge is 0.335 e. The molecule has 1 aromatic carbocycles. The predicted octanol–water partition coefficient (Wildman–Crippen LogP) is 1.95. The van der Waals surface area contributed by atoms with Gasteiger partial charge in [-0.3, -0.25) is 4.79 Å². The maximum absolute atomic E-state index is 12.8. The second-order valence-corrected chi connectivity index (χ2v) is 8.29. The van der Waals surface area contributed by atoms with E-state index >= 15 is 0 Å². The highest BCUT2D eigenvalue weighted by atomic mass is 35.5. The van der Waals surface area contributed by atoms with Crippen molar-refractivity contribution >= 4 is 28.2 Å². The molecule has 3 atom stereocenters. The Kier molecular flexibility index (Phi) is 7.45. The van der Waals surface area contributed by atoms with Gasteiger partial charge in [0.15, 0.2) is 9.84 Å². The van der Waals surface area contributed by atoms with Gasteiger partial charge in [-0.25, -0.2) is 8.42 Å². The summed E-state index contributed by atoms with van der Waals surface area (Å²) in [6.45, 7) is 5.81. The van der Waals surface area contributed by atoms with Gasteiger partial charge in [-0.05, 0) is 12.0 Å². The van der Waals surface area contributed by atoms with Crippen LogP contribution in [0.1, 0.15) is 24.9 Å². The topological polar surface area (TPSA) is 80.5 Å². The fraction of sp³-hybridized carbons (Fsp3) is 0.471. The van der Waals surface area contributed by atoms with Crippen LogP contribution in [0.5, 0.6) is 0 Å². The molecule has 0 aromatic heterocycles. The van der Waals surface area contributed by atoms with Crippen LogP contribution in [0.25, 0.3) is 0 Å². The Morgan fingerprint density at radius 1 is 1.42 bits per heavy atom. The Labute approximate surface area is 150 Å². The van der Waals surface area contributed by atoms with Gasteiger partial charge in [-0.2, -0.15) is 0 Å². The maximum Gasteiger partial charge on any atom is 0.227 e. The minimum Gasteiger partial charge on any atom is -0.335 e. The normalized spacial score (nSPS) is 21.3. The third kappa shape index (κ3) is 4.82. The minimum atomic E-state index is -3.05. The molecular formula is C17H25ClN2O3S. The first kappa shape index (κ1) is 20.7. The van der Waals surface area contributed by atoms with Gasteiger partial charge in [0.1, 0.15) is 0 Å². The molecule has 1 fully saturated rings. The number of nitrogens with two attached hydrogens (primary N) is 1. The summed E-state index contributed by atoms with van der Waals surface area (Å²) in [5.41, 5.74) is 7.13. The molecule has 0 spiro atoms. The molecule has 3 unspecified atom stereocenters. The Morgan fingerprint density at radius 2 is 2.04 bits per heavy atom. The molecule has 1 aliphatic heterocycles. The Hall–Kier alpha value is -1.37. The number of nitrogens with zero attached hydrogens (tertiary/aromatic N) is 1. The molecule has 2 rings (SSSR count). The zero-order valence-electron chi connectivity index (χ0n) is 13.8. The predicted molar refractivity (Wildman–Crippen MR) is 98.8 cm³/mol. The number of hydrogen-bond donors (Lipinski definition) is 1. The Balaban J connectivity index is 0.00000288. The lowest BCUT2D eigenvalue weighted by Gasteiger charge is -2.31. The highest BCUT2D eigenvalue weighted by Crippen LogP contribution is 2.25. The number of carbonyl (C=O) groups is 1. The highest BCUT2D eigenvalue weighted by Gasteiger charge is 2.36. The summed E-state index contributed by atoms with van der Waals surface area (Å²) in [6.07, 6.45) is 2.11. The van der Waals surface area contributed by atoms with Crippen LogP contribution in [0.4, 0.5) is 0 Å². The summed E-state index contributed by atoms with van der Waals surface area (Å²) in [5.74, 6) is -0.388. The maximum atomic E-state index is 12.8. The second-order valence-electron chi connectivity index (χ2n) is 6.06. The molecule has 1 amide bonds. The molecule has 1 heterocycles. The van der Waals surface area contributed by atoms with Gasteiger partial charge in [-0.1, -0.05) is 43.3 Å². The monoisotopic (exact) mass is 372 g/mol. The van der Waals surface area contributed by atoms with E-state index in [2.05, 4.69) is 6.58 Å². The second kappa shape index (κ2) is 8.65. The van der Waals surface area contributed by atoms with Crippen molar-refractivity contribution in [2.24, 2.45) is 11.7 Å². The molecule has 1 aliphatic rings. The number of carbonyl (C=O) groups excluding carboxylic acids is 1. The third-order valence-corrected chi connectivity index (χ3v) is 6.12. The molecule has 2 N–H and O–H groups in total. The van der Waals surface area contributed by atoms with Crippen LogP contribution < -0.4 is 5.73 Å². The van der Waals surface area contributed by atoms with E-state index in [4.69, 9.17) is 5.73 Å². The zero-order valence-corrected chi connectivity index (χ0v) is 15.4. The van der Waals surface area contributed by atoms with Crippen molar-refractivity contribution < 1.29 is 13.2 Å². The van der Waals surface area contributed by atoms with Crippen molar-refractivity contribution in [3.05, 3.63) is 48.6 Å². The first-order chi connectivity index (χ1) is 10.9. The number of benzene rings is 1. The number of hydrogen-bond acceptors (Lipinski definition) is 4. The van der Waals surface area contributed by atoms with Crippen molar-refractivity contribution in [1.82, 2.24) is 4.90 Å². The van der Waals surface area contributed by atoms with E-state index in [-0.39, 0.29) is 35.9 Å². The summed E-state index contributed by atoms with van der Waals surface area (Å²) < 4.78 is 23.4. The molecule has 1 aromatic rings. The van der Waals surface area contributed by atoms with E-state index in [0.29, 0.717) is 13.0 Å². The molecule has 24 heavy (non-hydrogen) atoms. The fourth-order valence-electron chi connectivity index (χ4n) is 2.96. The summed E-state index contributed by atoms with van der Waals surface area (Å²) in [7, 11) is -3.05. The number of sulfone groups is 1. The molecule has 5 nitrogen and oxygen atoms in total. The molecule has 134 valence electrons. The van der Waals surface area contributed by atoms with Gasteiger partial charge < -0.3 is 10.6 Å². The Morgan fingerprint density at radius 3 is 2.54 bits per heavy atom. The summed E-state index contributed by atoms with van der Waals surface area (Å²) >= 11 is 0. The fourth-order valence-corrected chi connectivity index (χ4v) is 4.69. The van der Waals surface area contributed by atoms with E-state index in [0.717, 1.165) is 5.56 Å². The van der Waals surface area contributed by atoms with E-state index in [9.17, 15) is 13.2 Å². The lowest BCUT2D eigenvalue weighted by Crippen LogP contribution is -2.46. The van der Waals surface area contributed by atoms with Gasteiger partial charge in [0.05, 0.1) is 17.4 Å². The molecule has 1 saturated heterocycles. The van der Waals surface area contributed by atoms with Crippen LogP contribution in [0, 0.1) is 5.92 Å². The summed E-state index contributed by atoms with van der Waals surface area (Å²) in [4.78, 5) is 14.5. The SMILES string of the molecule is C=CCN(C(=O)C(C)C(N)c1ccccc1)C1CCS(=O)(=O)C1.Cl. The number of rotatable bonds is 6. The minimum absolute atomic E-state index is 0. The van der Waals surface area contributed by atoms with E-state index in [1.807, 2.05) is 30.3 Å². The molecule has 0 saturated carbocycles. The number of amides is 1. The van der Waals surface area contributed by atoms with Crippen LogP contribution in [-0.4, -0.2) is 43.3 Å². The molecular weight excluding hydrogens is 348 g/mol. The van der Waals surface area contributed by atoms with Gasteiger partial charge in [0.2, 0.25) is 5.91 Å². The first-order valence-corrected chi connectivity index (χ1v) is 9.60. The van der Waals surface area contributed by atoms with E-state index in [1.165, 1.54) is 0 Å². The van der Waals surface area contributed by atoms with E-state index < -0.39 is 21.8 Å². The van der Waals surface area contributed by atoms with Gasteiger partial charge >= 0.3 is 0 Å². The van der Waals surface area contributed by atoms with Gasteiger partial charge in [0.25, 0.3) is 0 Å². The van der Waals surface area contributed by atoms with Crippen molar-refractivity contribution in [3.63, 3.8) is 0 Å². The number of halogens is 1. The van der Waals surface area contributed by atoms with Crippen LogP contribution in [-0.2, 0) is 14.6 Å². The van der Waals surface area contributed by atoms with Crippen LogP contribution >= 0.6 is 12.4 Å². The van der Waals surface area contributed by atoms with Crippen LogP contribution in [0.2, 0.25) is 0 Å². The Bertz CT molecular complexity index is 664. The quantitative estimate of drug-likeness (QED) is 0.774. The van der Waals surface area contributed by atoms with E-state index in [1.54, 1.807) is 17.9 Å². The highest BCUT2D eigenvalue weighted by molar-refractivity contribution is 7.91. The smallest absolute Gasteiger partial charge is 0.227 e. The average Bonchev–Trinajstić information content (AvgIpc) is 2.91. The molecule has 0 bridgehead atoms. The first-order valence-electron chi connectivity index (χ1n) is 7.78. The zero-order chi connectivity index (χ0) is 17.0. The average molecular weight is 373 g/mol.